The number of benzene rings is 1. The Morgan fingerprint density at radius 2 is 1.70 bits per heavy atom. The van der Waals surface area contributed by atoms with Crippen LogP contribution in [0.4, 0.5) is 5.69 Å². The number of anilines is 1. The fourth-order valence-corrected chi connectivity index (χ4v) is 3.83. The maximum absolute atomic E-state index is 12.7. The van der Waals surface area contributed by atoms with Gasteiger partial charge in [-0.05, 0) is 37.3 Å². The first-order valence-corrected chi connectivity index (χ1v) is 9.96. The highest BCUT2D eigenvalue weighted by Crippen LogP contribution is 2.26. The van der Waals surface area contributed by atoms with Crippen molar-refractivity contribution in [1.82, 2.24) is 9.80 Å². The van der Waals surface area contributed by atoms with E-state index < -0.39 is 0 Å². The normalized spacial score (nSPS) is 17.7. The van der Waals surface area contributed by atoms with Gasteiger partial charge in [0, 0.05) is 32.2 Å². The van der Waals surface area contributed by atoms with E-state index in [4.69, 9.17) is 0 Å². The van der Waals surface area contributed by atoms with Crippen molar-refractivity contribution in [3.63, 3.8) is 0 Å². The second kappa shape index (κ2) is 9.02. The molecule has 0 unspecified atom stereocenters. The number of hydrogen-bond donors (Lipinski definition) is 0. The van der Waals surface area contributed by atoms with Crippen molar-refractivity contribution in [2.45, 2.75) is 44.9 Å². The fraction of sp³-hybridized carbons (Fsp3) is 0.571. The van der Waals surface area contributed by atoms with Crippen molar-refractivity contribution in [1.29, 1.82) is 0 Å². The third-order valence-corrected chi connectivity index (χ3v) is 5.47. The molecule has 0 bridgehead atoms. The summed E-state index contributed by atoms with van der Waals surface area (Å²) in [5, 5.41) is 0. The second-order valence-corrected chi connectivity index (χ2v) is 7.51. The van der Waals surface area contributed by atoms with Crippen molar-refractivity contribution in [2.24, 2.45) is 0 Å². The zero-order valence-corrected chi connectivity index (χ0v) is 16.2. The van der Waals surface area contributed by atoms with Crippen LogP contribution in [0.15, 0.2) is 24.3 Å². The van der Waals surface area contributed by atoms with E-state index >= 15 is 0 Å². The van der Waals surface area contributed by atoms with Crippen LogP contribution in [0.1, 0.15) is 44.1 Å². The molecule has 1 saturated heterocycles. The van der Waals surface area contributed by atoms with Gasteiger partial charge in [0.05, 0.1) is 6.54 Å². The van der Waals surface area contributed by atoms with Crippen molar-refractivity contribution < 1.29 is 14.4 Å². The van der Waals surface area contributed by atoms with Crippen molar-refractivity contribution >= 4 is 23.4 Å². The quantitative estimate of drug-likeness (QED) is 0.815. The Morgan fingerprint density at radius 3 is 2.44 bits per heavy atom. The number of para-hydroxylation sites is 1. The van der Waals surface area contributed by atoms with Crippen molar-refractivity contribution in [3.05, 3.63) is 29.8 Å². The average Bonchev–Trinajstić information content (AvgIpc) is 3.02. The van der Waals surface area contributed by atoms with Gasteiger partial charge in [-0.15, -0.1) is 0 Å². The lowest BCUT2D eigenvalue weighted by Gasteiger charge is -2.27. The summed E-state index contributed by atoms with van der Waals surface area (Å²) in [4.78, 5) is 42.7. The summed E-state index contributed by atoms with van der Waals surface area (Å²) >= 11 is 0. The number of carbonyl (C=O) groups excluding carboxylic acids is 3. The summed E-state index contributed by atoms with van der Waals surface area (Å²) in [5.41, 5.74) is 1.92. The monoisotopic (exact) mass is 371 g/mol. The Hall–Kier alpha value is -2.37. The van der Waals surface area contributed by atoms with Crippen LogP contribution in [0.5, 0.6) is 0 Å². The summed E-state index contributed by atoms with van der Waals surface area (Å²) < 4.78 is 0. The summed E-state index contributed by atoms with van der Waals surface area (Å²) in [7, 11) is 1.65. The van der Waals surface area contributed by atoms with E-state index in [0.29, 0.717) is 6.42 Å². The molecule has 0 spiro atoms. The Bertz CT molecular complexity index is 696. The molecule has 6 heteroatoms. The summed E-state index contributed by atoms with van der Waals surface area (Å²) in [5.74, 6) is -0.237. The number of rotatable bonds is 4. The topological polar surface area (TPSA) is 60.9 Å². The van der Waals surface area contributed by atoms with Gasteiger partial charge in [0.1, 0.15) is 6.54 Å². The molecule has 1 aromatic carbocycles. The van der Waals surface area contributed by atoms with Crippen LogP contribution in [0.25, 0.3) is 0 Å². The first kappa shape index (κ1) is 19.4. The van der Waals surface area contributed by atoms with Crippen molar-refractivity contribution in [2.75, 3.05) is 38.1 Å². The average molecular weight is 371 g/mol. The molecule has 0 atom stereocenters. The number of likely N-dealkylation sites (tertiary alicyclic amines) is 1. The number of hydrogen-bond acceptors (Lipinski definition) is 3. The van der Waals surface area contributed by atoms with Crippen LogP contribution >= 0.6 is 0 Å². The Labute approximate surface area is 161 Å². The lowest BCUT2D eigenvalue weighted by atomic mass is 10.1. The molecule has 3 rings (SSSR count). The van der Waals surface area contributed by atoms with Gasteiger partial charge in [-0.3, -0.25) is 14.4 Å². The molecule has 146 valence electrons. The van der Waals surface area contributed by atoms with Gasteiger partial charge in [0.2, 0.25) is 17.7 Å². The van der Waals surface area contributed by atoms with E-state index in [2.05, 4.69) is 0 Å². The van der Waals surface area contributed by atoms with Crippen LogP contribution in [0.3, 0.4) is 0 Å². The number of likely N-dealkylation sites (N-methyl/N-ethyl adjacent to an activating group) is 1. The maximum Gasteiger partial charge on any atom is 0.242 e. The molecule has 0 aromatic heterocycles. The van der Waals surface area contributed by atoms with Gasteiger partial charge in [0.15, 0.2) is 0 Å². The minimum Gasteiger partial charge on any atom is -0.341 e. The molecule has 27 heavy (non-hydrogen) atoms. The van der Waals surface area contributed by atoms with Crippen LogP contribution < -0.4 is 4.90 Å². The van der Waals surface area contributed by atoms with E-state index in [1.165, 1.54) is 4.90 Å². The molecule has 2 aliphatic heterocycles. The second-order valence-electron chi connectivity index (χ2n) is 7.51. The molecule has 1 fully saturated rings. The molecule has 2 aliphatic rings. The van der Waals surface area contributed by atoms with Crippen LogP contribution in [-0.4, -0.2) is 60.7 Å². The molecular formula is C21H29N3O3. The van der Waals surface area contributed by atoms with E-state index in [1.54, 1.807) is 11.9 Å². The molecule has 0 radical (unpaired) electrons. The van der Waals surface area contributed by atoms with E-state index in [0.717, 1.165) is 62.9 Å². The fourth-order valence-electron chi connectivity index (χ4n) is 3.83. The van der Waals surface area contributed by atoms with E-state index in [9.17, 15) is 14.4 Å². The zero-order valence-electron chi connectivity index (χ0n) is 16.2. The van der Waals surface area contributed by atoms with E-state index in [1.807, 2.05) is 29.2 Å². The van der Waals surface area contributed by atoms with Crippen LogP contribution in [0, 0.1) is 0 Å². The molecule has 1 aromatic rings. The largest absolute Gasteiger partial charge is 0.341 e. The molecule has 0 aliphatic carbocycles. The van der Waals surface area contributed by atoms with Crippen molar-refractivity contribution in [3.8, 4) is 0 Å². The highest BCUT2D eigenvalue weighted by atomic mass is 16.2. The lowest BCUT2D eigenvalue weighted by Crippen LogP contribution is -2.46. The highest BCUT2D eigenvalue weighted by Gasteiger charge is 2.26. The van der Waals surface area contributed by atoms with Gasteiger partial charge >= 0.3 is 0 Å². The van der Waals surface area contributed by atoms with Gasteiger partial charge in [-0.2, -0.15) is 0 Å². The van der Waals surface area contributed by atoms with Crippen LogP contribution in [-0.2, 0) is 20.8 Å². The SMILES string of the molecule is CN(CC(=O)N1CCCCCC1)C(=O)CN1C(=O)CCCc2ccccc21. The maximum atomic E-state index is 12.7. The van der Waals surface area contributed by atoms with Crippen LogP contribution in [0.2, 0.25) is 0 Å². The van der Waals surface area contributed by atoms with E-state index in [-0.39, 0.29) is 30.8 Å². The summed E-state index contributed by atoms with van der Waals surface area (Å²) in [6, 6.07) is 7.76. The predicted octanol–water partition coefficient (Wildman–Crippen LogP) is 2.22. The Kier molecular flexibility index (Phi) is 6.48. The molecule has 2 heterocycles. The molecule has 3 amide bonds. The molecule has 6 nitrogen and oxygen atoms in total. The number of nitrogens with zero attached hydrogens (tertiary/aromatic N) is 3. The zero-order chi connectivity index (χ0) is 19.2. The Morgan fingerprint density at radius 1 is 1.00 bits per heavy atom. The first-order valence-electron chi connectivity index (χ1n) is 9.96. The summed E-state index contributed by atoms with van der Waals surface area (Å²) in [6.07, 6.45) is 6.47. The number of amides is 3. The molecule has 0 N–H and O–H groups in total. The minimum absolute atomic E-state index is 0.00431. The standard InChI is InChI=1S/C21H29N3O3/c1-22(15-21(27)23-13-6-2-3-7-14-23)20(26)16-24-18-11-5-4-9-17(18)10-8-12-19(24)25/h4-5,9,11H,2-3,6-8,10,12-16H2,1H3. The number of aryl methyl sites for hydroxylation is 1. The molecule has 0 saturated carbocycles. The third-order valence-electron chi connectivity index (χ3n) is 5.47. The van der Waals surface area contributed by atoms with Gasteiger partial charge in [-0.25, -0.2) is 0 Å². The van der Waals surface area contributed by atoms with Gasteiger partial charge < -0.3 is 14.7 Å². The third kappa shape index (κ3) is 4.87. The Balaban J connectivity index is 1.63. The predicted molar refractivity (Wildman–Crippen MR) is 104 cm³/mol. The number of carbonyl (C=O) groups is 3. The smallest absolute Gasteiger partial charge is 0.242 e. The lowest BCUT2D eigenvalue weighted by molar-refractivity contribution is -0.139. The first-order chi connectivity index (χ1) is 13.1. The molecular weight excluding hydrogens is 342 g/mol. The number of fused-ring (bicyclic) bond motifs is 1. The highest BCUT2D eigenvalue weighted by molar-refractivity contribution is 6.00. The minimum atomic E-state index is -0.205. The van der Waals surface area contributed by atoms with Gasteiger partial charge in [-0.1, -0.05) is 31.0 Å². The summed E-state index contributed by atoms with van der Waals surface area (Å²) in [6.45, 7) is 1.61. The van der Waals surface area contributed by atoms with Gasteiger partial charge in [0.25, 0.3) is 0 Å².